The topological polar surface area (TPSA) is 99.5 Å². The Morgan fingerprint density at radius 1 is 1.03 bits per heavy atom. The summed E-state index contributed by atoms with van der Waals surface area (Å²) in [5.41, 5.74) is 3.39. The van der Waals surface area contributed by atoms with Crippen LogP contribution in [0.1, 0.15) is 48.5 Å². The number of piperazine rings is 1. The van der Waals surface area contributed by atoms with Crippen LogP contribution in [-0.4, -0.2) is 50.1 Å². The van der Waals surface area contributed by atoms with E-state index >= 15 is 0 Å². The quantitative estimate of drug-likeness (QED) is 0.492. The summed E-state index contributed by atoms with van der Waals surface area (Å²) in [6.45, 7) is 0.0704. The highest BCUT2D eigenvalue weighted by atomic mass is 16.6. The van der Waals surface area contributed by atoms with Crippen LogP contribution in [-0.2, 0) is 16.0 Å². The first-order valence-corrected chi connectivity index (χ1v) is 11.5. The fourth-order valence-electron chi connectivity index (χ4n) is 5.97. The molecule has 2 atom stereocenters. The minimum atomic E-state index is -0.609. The van der Waals surface area contributed by atoms with Gasteiger partial charge in [0.2, 0.25) is 11.8 Å². The second kappa shape index (κ2) is 7.43. The predicted octanol–water partition coefficient (Wildman–Crippen LogP) is 3.70. The summed E-state index contributed by atoms with van der Waals surface area (Å²) in [6.07, 6.45) is 4.50. The van der Waals surface area contributed by atoms with Crippen LogP contribution in [0.3, 0.4) is 0 Å². The van der Waals surface area contributed by atoms with Gasteiger partial charge in [0.25, 0.3) is 5.69 Å². The molecule has 2 amide bonds. The summed E-state index contributed by atoms with van der Waals surface area (Å²) in [7, 11) is 0. The van der Waals surface area contributed by atoms with E-state index in [0.717, 1.165) is 47.8 Å². The molecular weight excluding hydrogens is 420 g/mol. The molecule has 1 aliphatic carbocycles. The van der Waals surface area contributed by atoms with Crippen LogP contribution in [0.25, 0.3) is 10.9 Å². The van der Waals surface area contributed by atoms with Gasteiger partial charge in [-0.25, -0.2) is 0 Å². The third-order valence-corrected chi connectivity index (χ3v) is 7.46. The van der Waals surface area contributed by atoms with Crippen molar-refractivity contribution < 1.29 is 14.5 Å². The average Bonchev–Trinajstić information content (AvgIpc) is 3.48. The lowest BCUT2D eigenvalue weighted by Crippen LogP contribution is -2.64. The van der Waals surface area contributed by atoms with Gasteiger partial charge in [-0.3, -0.25) is 19.7 Å². The highest BCUT2D eigenvalue weighted by molar-refractivity contribution is 5.97. The van der Waals surface area contributed by atoms with Crippen molar-refractivity contribution in [2.75, 3.05) is 6.54 Å². The Bertz CT molecular complexity index is 1290. The molecule has 3 aliphatic rings. The maximum atomic E-state index is 13.7. The Labute approximate surface area is 190 Å². The Hall–Kier alpha value is -3.68. The first-order valence-electron chi connectivity index (χ1n) is 11.5. The monoisotopic (exact) mass is 444 g/mol. The summed E-state index contributed by atoms with van der Waals surface area (Å²) < 4.78 is 0. The number of nitrogens with one attached hydrogen (secondary N) is 1. The minimum absolute atomic E-state index is 0.00661. The first-order chi connectivity index (χ1) is 16.0. The molecular formula is C25H24N4O4. The smallest absolute Gasteiger partial charge is 0.269 e. The largest absolute Gasteiger partial charge is 0.356 e. The Morgan fingerprint density at radius 3 is 2.61 bits per heavy atom. The van der Waals surface area contributed by atoms with Crippen molar-refractivity contribution in [1.29, 1.82) is 0 Å². The van der Waals surface area contributed by atoms with Crippen molar-refractivity contribution in [3.8, 4) is 0 Å². The molecule has 3 heterocycles. The number of para-hydroxylation sites is 1. The molecule has 1 saturated heterocycles. The standard InChI is InChI=1S/C25H24N4O4/c30-22-14-27(16-7-1-2-8-16)25(31)21-13-19-18-10-3-4-11-20(18)26-23(19)24(28(21)22)15-6-5-9-17(12-15)29(32)33/h3-6,9-12,16,21,24,26H,1-2,7-8,13-14H2/t21-,24?/m0/s1. The van der Waals surface area contributed by atoms with Gasteiger partial charge in [-0.1, -0.05) is 43.2 Å². The van der Waals surface area contributed by atoms with E-state index in [4.69, 9.17) is 0 Å². The van der Waals surface area contributed by atoms with Crippen molar-refractivity contribution in [3.63, 3.8) is 0 Å². The SMILES string of the molecule is O=C1[C@@H]2Cc3c([nH]c4ccccc34)C(c3cccc([N+](=O)[O-])c3)N2C(=O)CN1C1CCCC1. The Balaban J connectivity index is 1.52. The van der Waals surface area contributed by atoms with Crippen molar-refractivity contribution in [1.82, 2.24) is 14.8 Å². The van der Waals surface area contributed by atoms with Crippen molar-refractivity contribution in [2.45, 2.75) is 50.2 Å². The number of fused-ring (bicyclic) bond motifs is 4. The number of hydrogen-bond donors (Lipinski definition) is 1. The van der Waals surface area contributed by atoms with Gasteiger partial charge in [-0.15, -0.1) is 0 Å². The van der Waals surface area contributed by atoms with Gasteiger partial charge >= 0.3 is 0 Å². The number of non-ortho nitro benzene ring substituents is 1. The van der Waals surface area contributed by atoms with Crippen LogP contribution < -0.4 is 0 Å². The maximum Gasteiger partial charge on any atom is 0.269 e. The zero-order valence-corrected chi connectivity index (χ0v) is 18.1. The zero-order chi connectivity index (χ0) is 22.7. The number of carbonyl (C=O) groups is 2. The first kappa shape index (κ1) is 20.0. The van der Waals surface area contributed by atoms with Crippen molar-refractivity contribution in [2.24, 2.45) is 0 Å². The lowest BCUT2D eigenvalue weighted by atomic mass is 9.85. The van der Waals surface area contributed by atoms with Gasteiger partial charge < -0.3 is 14.8 Å². The molecule has 0 spiro atoms. The summed E-state index contributed by atoms with van der Waals surface area (Å²) >= 11 is 0. The number of rotatable bonds is 3. The van der Waals surface area contributed by atoms with Crippen molar-refractivity contribution >= 4 is 28.4 Å². The number of H-pyrrole nitrogens is 1. The number of nitro benzene ring substituents is 1. The van der Waals surface area contributed by atoms with Gasteiger partial charge in [-0.2, -0.15) is 0 Å². The molecule has 6 rings (SSSR count). The molecule has 168 valence electrons. The molecule has 1 N–H and O–H groups in total. The van der Waals surface area contributed by atoms with Crippen LogP contribution in [0.5, 0.6) is 0 Å². The Morgan fingerprint density at radius 2 is 1.82 bits per heavy atom. The van der Waals surface area contributed by atoms with E-state index in [1.807, 2.05) is 24.3 Å². The van der Waals surface area contributed by atoms with E-state index in [1.54, 1.807) is 21.9 Å². The lowest BCUT2D eigenvalue weighted by molar-refractivity contribution is -0.384. The normalized spacial score (nSPS) is 23.2. The van der Waals surface area contributed by atoms with Crippen molar-refractivity contribution in [3.05, 3.63) is 75.5 Å². The number of aromatic amines is 1. The van der Waals surface area contributed by atoms with Crippen LogP contribution >= 0.6 is 0 Å². The average molecular weight is 444 g/mol. The van der Waals surface area contributed by atoms with Gasteiger partial charge in [0.1, 0.15) is 12.6 Å². The van der Waals surface area contributed by atoms with E-state index in [1.165, 1.54) is 12.1 Å². The van der Waals surface area contributed by atoms with Gasteiger partial charge in [-0.05, 0) is 30.0 Å². The van der Waals surface area contributed by atoms with Crippen LogP contribution in [0.2, 0.25) is 0 Å². The second-order valence-electron chi connectivity index (χ2n) is 9.24. The third kappa shape index (κ3) is 3.04. The third-order valence-electron chi connectivity index (χ3n) is 7.46. The summed E-state index contributed by atoms with van der Waals surface area (Å²) in [4.78, 5) is 45.2. The van der Waals surface area contributed by atoms with Gasteiger partial charge in [0, 0.05) is 41.2 Å². The zero-order valence-electron chi connectivity index (χ0n) is 18.1. The van der Waals surface area contributed by atoms with Crippen LogP contribution in [0.15, 0.2) is 48.5 Å². The van der Waals surface area contributed by atoms with Crippen LogP contribution in [0.4, 0.5) is 5.69 Å². The molecule has 2 aromatic carbocycles. The molecule has 1 unspecified atom stereocenters. The molecule has 0 bridgehead atoms. The second-order valence-corrected chi connectivity index (χ2v) is 9.24. The predicted molar refractivity (Wildman–Crippen MR) is 122 cm³/mol. The molecule has 0 radical (unpaired) electrons. The highest BCUT2D eigenvalue weighted by Crippen LogP contribution is 2.43. The highest BCUT2D eigenvalue weighted by Gasteiger charge is 2.49. The summed E-state index contributed by atoms with van der Waals surface area (Å²) in [6, 6.07) is 13.3. The summed E-state index contributed by atoms with van der Waals surface area (Å²) in [5, 5.41) is 12.5. The van der Waals surface area contributed by atoms with E-state index in [2.05, 4.69) is 4.98 Å². The Kier molecular flexibility index (Phi) is 4.50. The fraction of sp³-hybridized carbons (Fsp3) is 0.360. The number of nitro groups is 1. The molecule has 2 fully saturated rings. The maximum absolute atomic E-state index is 13.7. The number of benzene rings is 2. The minimum Gasteiger partial charge on any atom is -0.356 e. The number of nitrogens with zero attached hydrogens (tertiary/aromatic N) is 3. The molecule has 8 nitrogen and oxygen atoms in total. The number of amides is 2. The van der Waals surface area contributed by atoms with E-state index in [0.29, 0.717) is 12.0 Å². The lowest BCUT2D eigenvalue weighted by Gasteiger charge is -2.48. The molecule has 1 aromatic heterocycles. The molecule has 1 saturated carbocycles. The summed E-state index contributed by atoms with van der Waals surface area (Å²) in [5.74, 6) is -0.111. The van der Waals surface area contributed by atoms with E-state index in [9.17, 15) is 19.7 Å². The van der Waals surface area contributed by atoms with E-state index in [-0.39, 0.29) is 30.1 Å². The molecule has 8 heteroatoms. The molecule has 2 aliphatic heterocycles. The number of carbonyl (C=O) groups excluding carboxylic acids is 2. The van der Waals surface area contributed by atoms with Gasteiger partial charge in [0.05, 0.1) is 11.0 Å². The van der Waals surface area contributed by atoms with Crippen LogP contribution in [0, 0.1) is 10.1 Å². The number of aromatic nitrogens is 1. The number of hydrogen-bond acceptors (Lipinski definition) is 4. The molecule has 3 aromatic rings. The van der Waals surface area contributed by atoms with E-state index < -0.39 is 17.0 Å². The van der Waals surface area contributed by atoms with Gasteiger partial charge in [0.15, 0.2) is 0 Å². The fourth-order valence-corrected chi connectivity index (χ4v) is 5.97. The molecule has 33 heavy (non-hydrogen) atoms.